The van der Waals surface area contributed by atoms with Crippen LogP contribution < -0.4 is 0 Å². The fraction of sp³-hybridized carbons (Fsp3) is 0.562. The molecular formula is C16H24N2OS. The Morgan fingerprint density at radius 2 is 1.70 bits per heavy atom. The van der Waals surface area contributed by atoms with Gasteiger partial charge in [-0.2, -0.15) is 0 Å². The van der Waals surface area contributed by atoms with Crippen molar-refractivity contribution < 1.29 is 4.79 Å². The number of carbonyl (C=O) groups excluding carboxylic acids is 1. The molecule has 0 atom stereocenters. The molecule has 0 unspecified atom stereocenters. The van der Waals surface area contributed by atoms with Crippen LogP contribution in [0, 0.1) is 13.8 Å². The molecule has 1 aliphatic rings. The number of likely N-dealkylation sites (N-methyl/N-ethyl adjacent to an activating group) is 1. The number of benzene rings is 1. The molecule has 1 saturated heterocycles. The van der Waals surface area contributed by atoms with Crippen LogP contribution in [0.25, 0.3) is 0 Å². The fourth-order valence-corrected chi connectivity index (χ4v) is 3.42. The zero-order valence-corrected chi connectivity index (χ0v) is 13.5. The summed E-state index contributed by atoms with van der Waals surface area (Å²) in [5, 5.41) is 0. The van der Waals surface area contributed by atoms with E-state index in [0.717, 1.165) is 31.9 Å². The third-order valence-electron chi connectivity index (χ3n) is 3.63. The Balaban J connectivity index is 1.76. The number of thioether (sulfide) groups is 1. The van der Waals surface area contributed by atoms with E-state index in [1.165, 1.54) is 16.7 Å². The highest BCUT2D eigenvalue weighted by Gasteiger charge is 2.18. The molecule has 1 amide bonds. The summed E-state index contributed by atoms with van der Waals surface area (Å²) in [6.45, 7) is 7.98. The van der Waals surface area contributed by atoms with E-state index in [2.05, 4.69) is 44.0 Å². The predicted molar refractivity (Wildman–Crippen MR) is 86.2 cm³/mol. The monoisotopic (exact) mass is 292 g/mol. The van der Waals surface area contributed by atoms with Crippen LogP contribution in [0.4, 0.5) is 0 Å². The van der Waals surface area contributed by atoms with Crippen molar-refractivity contribution in [3.05, 3.63) is 34.9 Å². The van der Waals surface area contributed by atoms with Crippen molar-refractivity contribution in [3.63, 3.8) is 0 Å². The van der Waals surface area contributed by atoms with Crippen molar-refractivity contribution in [2.45, 2.75) is 19.6 Å². The van der Waals surface area contributed by atoms with Crippen molar-refractivity contribution in [2.75, 3.05) is 39.0 Å². The second-order valence-electron chi connectivity index (χ2n) is 5.67. The zero-order valence-electron chi connectivity index (χ0n) is 12.7. The van der Waals surface area contributed by atoms with Crippen LogP contribution in [0.3, 0.4) is 0 Å². The Morgan fingerprint density at radius 1 is 1.10 bits per heavy atom. The number of carbonyl (C=O) groups is 1. The van der Waals surface area contributed by atoms with E-state index < -0.39 is 0 Å². The number of nitrogens with zero attached hydrogens (tertiary/aromatic N) is 2. The van der Waals surface area contributed by atoms with Gasteiger partial charge in [-0.15, -0.1) is 11.8 Å². The van der Waals surface area contributed by atoms with E-state index in [0.29, 0.717) is 5.75 Å². The first-order valence-electron chi connectivity index (χ1n) is 7.16. The summed E-state index contributed by atoms with van der Waals surface area (Å²) in [4.78, 5) is 16.4. The normalized spacial score (nSPS) is 16.4. The van der Waals surface area contributed by atoms with Gasteiger partial charge >= 0.3 is 0 Å². The van der Waals surface area contributed by atoms with Gasteiger partial charge in [0.25, 0.3) is 0 Å². The minimum Gasteiger partial charge on any atom is -0.339 e. The Morgan fingerprint density at radius 3 is 2.30 bits per heavy atom. The smallest absolute Gasteiger partial charge is 0.232 e. The van der Waals surface area contributed by atoms with Gasteiger partial charge in [-0.1, -0.05) is 29.3 Å². The molecule has 3 nitrogen and oxygen atoms in total. The summed E-state index contributed by atoms with van der Waals surface area (Å²) in [7, 11) is 2.11. The average Bonchev–Trinajstić information content (AvgIpc) is 2.38. The molecule has 0 spiro atoms. The molecule has 110 valence electrons. The van der Waals surface area contributed by atoms with Crippen LogP contribution in [-0.2, 0) is 10.5 Å². The van der Waals surface area contributed by atoms with Crippen molar-refractivity contribution >= 4 is 17.7 Å². The van der Waals surface area contributed by atoms with Gasteiger partial charge in [0.2, 0.25) is 5.91 Å². The highest BCUT2D eigenvalue weighted by Crippen LogP contribution is 2.16. The van der Waals surface area contributed by atoms with Crippen LogP contribution in [0.5, 0.6) is 0 Å². The Labute approximate surface area is 126 Å². The van der Waals surface area contributed by atoms with Crippen LogP contribution in [0.15, 0.2) is 18.2 Å². The highest BCUT2D eigenvalue weighted by atomic mass is 32.2. The minimum atomic E-state index is 0.285. The van der Waals surface area contributed by atoms with Gasteiger partial charge < -0.3 is 9.80 Å². The minimum absolute atomic E-state index is 0.285. The molecule has 1 aromatic rings. The summed E-state index contributed by atoms with van der Waals surface area (Å²) in [5.41, 5.74) is 3.91. The first kappa shape index (κ1) is 15.4. The molecule has 4 heteroatoms. The molecule has 0 N–H and O–H groups in total. The van der Waals surface area contributed by atoms with Gasteiger partial charge in [0.15, 0.2) is 0 Å². The van der Waals surface area contributed by atoms with E-state index in [1.54, 1.807) is 11.8 Å². The second kappa shape index (κ2) is 7.14. The molecule has 0 aliphatic carbocycles. The number of hydrogen-bond donors (Lipinski definition) is 0. The molecule has 0 bridgehead atoms. The molecule has 2 rings (SSSR count). The van der Waals surface area contributed by atoms with Crippen molar-refractivity contribution in [1.82, 2.24) is 9.80 Å². The van der Waals surface area contributed by atoms with Crippen LogP contribution in [0.2, 0.25) is 0 Å². The van der Waals surface area contributed by atoms with Crippen LogP contribution in [0.1, 0.15) is 16.7 Å². The third kappa shape index (κ3) is 4.53. The molecule has 1 aromatic carbocycles. The predicted octanol–water partition coefficient (Wildman–Crippen LogP) is 2.31. The van der Waals surface area contributed by atoms with Crippen molar-refractivity contribution in [2.24, 2.45) is 0 Å². The quantitative estimate of drug-likeness (QED) is 0.851. The van der Waals surface area contributed by atoms with Gasteiger partial charge in [0.05, 0.1) is 5.75 Å². The molecule has 20 heavy (non-hydrogen) atoms. The molecule has 1 aliphatic heterocycles. The maximum absolute atomic E-state index is 12.1. The summed E-state index contributed by atoms with van der Waals surface area (Å²) in [5.74, 6) is 1.80. The maximum atomic E-state index is 12.1. The maximum Gasteiger partial charge on any atom is 0.232 e. The lowest BCUT2D eigenvalue weighted by Gasteiger charge is -2.32. The van der Waals surface area contributed by atoms with Crippen LogP contribution >= 0.6 is 11.8 Å². The summed E-state index contributed by atoms with van der Waals surface area (Å²) in [6, 6.07) is 6.60. The largest absolute Gasteiger partial charge is 0.339 e. The Kier molecular flexibility index (Phi) is 5.49. The average molecular weight is 292 g/mol. The van der Waals surface area contributed by atoms with Gasteiger partial charge in [-0.3, -0.25) is 4.79 Å². The summed E-state index contributed by atoms with van der Waals surface area (Å²) >= 11 is 1.72. The van der Waals surface area contributed by atoms with Crippen LogP contribution in [-0.4, -0.2) is 54.7 Å². The lowest BCUT2D eigenvalue weighted by molar-refractivity contribution is -0.129. The lowest BCUT2D eigenvalue weighted by Crippen LogP contribution is -2.47. The SMILES string of the molecule is Cc1cc(C)cc(CSCC(=O)N2CCN(C)CC2)c1. The number of aryl methyl sites for hydroxylation is 2. The van der Waals surface area contributed by atoms with E-state index >= 15 is 0 Å². The molecule has 1 fully saturated rings. The molecular weight excluding hydrogens is 268 g/mol. The van der Waals surface area contributed by atoms with Gasteiger partial charge in [-0.25, -0.2) is 0 Å². The molecule has 0 radical (unpaired) electrons. The van der Waals surface area contributed by atoms with E-state index in [9.17, 15) is 4.79 Å². The number of rotatable bonds is 4. The standard InChI is InChI=1S/C16H24N2OS/c1-13-8-14(2)10-15(9-13)11-20-12-16(19)18-6-4-17(3)5-7-18/h8-10H,4-7,11-12H2,1-3H3. The molecule has 0 aromatic heterocycles. The molecule has 1 heterocycles. The highest BCUT2D eigenvalue weighted by molar-refractivity contribution is 7.99. The van der Waals surface area contributed by atoms with E-state index in [4.69, 9.17) is 0 Å². The first-order chi connectivity index (χ1) is 9.54. The fourth-order valence-electron chi connectivity index (χ4n) is 2.56. The summed E-state index contributed by atoms with van der Waals surface area (Å²) < 4.78 is 0. The Bertz CT molecular complexity index is 447. The number of hydrogen-bond acceptors (Lipinski definition) is 3. The lowest BCUT2D eigenvalue weighted by atomic mass is 10.1. The Hall–Kier alpha value is -1.00. The number of piperazine rings is 1. The van der Waals surface area contributed by atoms with Gasteiger partial charge in [0, 0.05) is 31.9 Å². The number of amides is 1. The zero-order chi connectivity index (χ0) is 14.5. The topological polar surface area (TPSA) is 23.6 Å². The van der Waals surface area contributed by atoms with Gasteiger partial charge in [-0.05, 0) is 26.5 Å². The van der Waals surface area contributed by atoms with Gasteiger partial charge in [0.1, 0.15) is 0 Å². The molecule has 0 saturated carbocycles. The van der Waals surface area contributed by atoms with Crippen molar-refractivity contribution in [3.8, 4) is 0 Å². The van der Waals surface area contributed by atoms with E-state index in [-0.39, 0.29) is 5.91 Å². The second-order valence-corrected chi connectivity index (χ2v) is 6.66. The van der Waals surface area contributed by atoms with E-state index in [1.807, 2.05) is 4.90 Å². The third-order valence-corrected chi connectivity index (χ3v) is 4.62. The first-order valence-corrected chi connectivity index (χ1v) is 8.31. The summed E-state index contributed by atoms with van der Waals surface area (Å²) in [6.07, 6.45) is 0. The van der Waals surface area contributed by atoms with Crippen molar-refractivity contribution in [1.29, 1.82) is 0 Å².